The Hall–Kier alpha value is -2.85. The molecule has 3 aromatic rings. The van der Waals surface area contributed by atoms with Gasteiger partial charge in [0, 0.05) is 34.7 Å². The molecule has 0 saturated carbocycles. The van der Waals surface area contributed by atoms with E-state index < -0.39 is 18.8 Å². The zero-order valence-electron chi connectivity index (χ0n) is 19.8. The molecule has 190 valence electrons. The van der Waals surface area contributed by atoms with Gasteiger partial charge < -0.3 is 19.8 Å². The van der Waals surface area contributed by atoms with Crippen LogP contribution in [0.5, 0.6) is 11.6 Å². The number of rotatable bonds is 10. The molecular weight excluding hydrogens is 464 g/mol. The molecule has 1 aliphatic heterocycles. The minimum absolute atomic E-state index is 0.245. The Morgan fingerprint density at radius 2 is 2.03 bits per heavy atom. The lowest BCUT2D eigenvalue weighted by Gasteiger charge is -2.41. The van der Waals surface area contributed by atoms with Crippen LogP contribution in [0.2, 0.25) is 0 Å². The lowest BCUT2D eigenvalue weighted by atomic mass is 9.89. The summed E-state index contributed by atoms with van der Waals surface area (Å²) >= 11 is 0. The second-order valence-corrected chi connectivity index (χ2v) is 8.72. The fraction of sp³-hybridized carbons (Fsp3) is 0.480. The van der Waals surface area contributed by atoms with Crippen molar-refractivity contribution >= 4 is 10.9 Å². The fourth-order valence-electron chi connectivity index (χ4n) is 4.75. The highest BCUT2D eigenvalue weighted by atomic mass is 19.4. The number of H-pyrrole nitrogens is 1. The first-order valence-electron chi connectivity index (χ1n) is 11.7. The highest BCUT2D eigenvalue weighted by molar-refractivity contribution is 5.85. The van der Waals surface area contributed by atoms with E-state index in [1.807, 2.05) is 31.2 Å². The predicted octanol–water partition coefficient (Wildman–Crippen LogP) is 4.80. The van der Waals surface area contributed by atoms with Gasteiger partial charge in [-0.15, -0.1) is 0 Å². The summed E-state index contributed by atoms with van der Waals surface area (Å²) in [5.74, 6) is 0.672. The van der Waals surface area contributed by atoms with Gasteiger partial charge in [-0.25, -0.2) is 4.98 Å². The van der Waals surface area contributed by atoms with E-state index in [0.29, 0.717) is 49.5 Å². The minimum atomic E-state index is -4.38. The van der Waals surface area contributed by atoms with Crippen LogP contribution in [-0.2, 0) is 6.42 Å². The van der Waals surface area contributed by atoms with Crippen LogP contribution in [0.15, 0.2) is 36.5 Å². The van der Waals surface area contributed by atoms with E-state index >= 15 is 0 Å². The van der Waals surface area contributed by atoms with Gasteiger partial charge in [-0.05, 0) is 44.0 Å². The van der Waals surface area contributed by atoms with Crippen molar-refractivity contribution in [2.75, 3.05) is 40.0 Å². The predicted molar refractivity (Wildman–Crippen MR) is 126 cm³/mol. The van der Waals surface area contributed by atoms with Gasteiger partial charge in [-0.3, -0.25) is 9.29 Å². The van der Waals surface area contributed by atoms with Crippen LogP contribution in [0.25, 0.3) is 10.9 Å². The first-order valence-corrected chi connectivity index (χ1v) is 11.7. The Balaban J connectivity index is 1.72. The highest BCUT2D eigenvalue weighted by Crippen LogP contribution is 2.44. The van der Waals surface area contributed by atoms with Gasteiger partial charge in [0.2, 0.25) is 5.88 Å². The molecule has 0 aliphatic carbocycles. The van der Waals surface area contributed by atoms with E-state index in [0.717, 1.165) is 16.5 Å². The van der Waals surface area contributed by atoms with Crippen molar-refractivity contribution in [2.45, 2.75) is 38.0 Å². The normalized spacial score (nSPS) is 18.6. The molecule has 0 spiro atoms. The molecule has 0 radical (unpaired) electrons. The number of ether oxygens (including phenoxy) is 2. The Kier molecular flexibility index (Phi) is 7.81. The molecule has 1 unspecified atom stereocenters. The number of hydrogen-bond donors (Lipinski definition) is 2. The van der Waals surface area contributed by atoms with E-state index in [1.165, 1.54) is 18.2 Å². The second-order valence-electron chi connectivity index (χ2n) is 8.72. The van der Waals surface area contributed by atoms with Crippen LogP contribution in [0.4, 0.5) is 17.6 Å². The Labute approximate surface area is 201 Å². The molecule has 1 aliphatic rings. The van der Waals surface area contributed by atoms with Crippen LogP contribution in [0.3, 0.4) is 0 Å². The van der Waals surface area contributed by atoms with Crippen molar-refractivity contribution in [1.82, 2.24) is 20.2 Å². The summed E-state index contributed by atoms with van der Waals surface area (Å²) in [5, 5.41) is 4.08. The highest BCUT2D eigenvalue weighted by Gasteiger charge is 2.43. The molecule has 0 saturated heterocycles. The maximum absolute atomic E-state index is 13.7. The number of alkyl halides is 4. The number of para-hydroxylation sites is 1. The van der Waals surface area contributed by atoms with Gasteiger partial charge in [0.05, 0.1) is 32.6 Å². The van der Waals surface area contributed by atoms with Crippen molar-refractivity contribution in [3.05, 3.63) is 53.3 Å². The number of pyridine rings is 1. The number of aromatic nitrogens is 2. The molecule has 4 rings (SSSR count). The number of fused-ring (bicyclic) bond motifs is 3. The van der Waals surface area contributed by atoms with Crippen molar-refractivity contribution < 1.29 is 27.0 Å². The molecule has 2 aromatic heterocycles. The van der Waals surface area contributed by atoms with E-state index in [1.54, 1.807) is 6.07 Å². The molecular formula is C25H30F4N4O2. The van der Waals surface area contributed by atoms with Gasteiger partial charge in [0.25, 0.3) is 0 Å². The van der Waals surface area contributed by atoms with Gasteiger partial charge in [0.1, 0.15) is 12.4 Å². The van der Waals surface area contributed by atoms with Crippen LogP contribution >= 0.6 is 0 Å². The monoisotopic (exact) mass is 494 g/mol. The number of methoxy groups -OCH3 is 1. The van der Waals surface area contributed by atoms with Gasteiger partial charge >= 0.3 is 6.18 Å². The summed E-state index contributed by atoms with van der Waals surface area (Å²) in [6.07, 6.45) is -1.97. The molecule has 0 bridgehead atoms. The average molecular weight is 495 g/mol. The number of aromatic amines is 1. The van der Waals surface area contributed by atoms with E-state index in [4.69, 9.17) is 9.47 Å². The van der Waals surface area contributed by atoms with Gasteiger partial charge in [0.15, 0.2) is 0 Å². The number of benzene rings is 1. The van der Waals surface area contributed by atoms with Gasteiger partial charge in [-0.2, -0.15) is 13.2 Å². The Morgan fingerprint density at radius 1 is 1.23 bits per heavy atom. The summed E-state index contributed by atoms with van der Waals surface area (Å²) < 4.78 is 64.6. The molecule has 3 heterocycles. The lowest BCUT2D eigenvalue weighted by molar-refractivity contribution is -0.155. The lowest BCUT2D eigenvalue weighted by Crippen LogP contribution is -2.47. The van der Waals surface area contributed by atoms with Crippen molar-refractivity contribution in [3.8, 4) is 11.6 Å². The summed E-state index contributed by atoms with van der Waals surface area (Å²) in [4.78, 5) is 9.16. The summed E-state index contributed by atoms with van der Waals surface area (Å²) in [7, 11) is 1.45. The van der Waals surface area contributed by atoms with E-state index in [9.17, 15) is 17.6 Å². The smallest absolute Gasteiger partial charge is 0.401 e. The first-order chi connectivity index (χ1) is 16.8. The average Bonchev–Trinajstić information content (AvgIpc) is 3.19. The van der Waals surface area contributed by atoms with Crippen molar-refractivity contribution in [2.24, 2.45) is 0 Å². The summed E-state index contributed by atoms with van der Waals surface area (Å²) in [6, 6.07) is 8.31. The molecule has 2 N–H and O–H groups in total. The van der Waals surface area contributed by atoms with E-state index in [2.05, 4.69) is 15.3 Å². The number of halogens is 4. The fourth-order valence-corrected chi connectivity index (χ4v) is 4.75. The standard InChI is InChI=1S/C25H30F4N4O2/c1-16-12-19-18-6-3-4-7-21(18)32-22(19)23(33(16)15-25(27,28)29)20-13-17(14-31-24(20)34-2)35-11-10-30-9-5-8-26/h3-4,6-7,13-14,16,23,30,32H,5,8-12,15H2,1-2H3/t16-,23?/m1/s1. The SMILES string of the molecule is COc1ncc(OCCNCCCF)cc1C1c2[nH]c3ccccc3c2C[C@@H](C)N1CC(F)(F)F. The quantitative estimate of drug-likeness (QED) is 0.313. The third-order valence-corrected chi connectivity index (χ3v) is 6.26. The molecule has 6 nitrogen and oxygen atoms in total. The number of nitrogens with one attached hydrogen (secondary N) is 2. The molecule has 2 atom stereocenters. The van der Waals surface area contributed by atoms with Crippen LogP contribution in [-0.4, -0.2) is 67.1 Å². The van der Waals surface area contributed by atoms with Crippen LogP contribution in [0, 0.1) is 0 Å². The largest absolute Gasteiger partial charge is 0.491 e. The second kappa shape index (κ2) is 10.8. The van der Waals surface area contributed by atoms with Crippen molar-refractivity contribution in [3.63, 3.8) is 0 Å². The Bertz CT molecular complexity index is 1130. The maximum atomic E-state index is 13.7. The third kappa shape index (κ3) is 5.70. The summed E-state index contributed by atoms with van der Waals surface area (Å²) in [5.41, 5.74) is 3.09. The van der Waals surface area contributed by atoms with Crippen molar-refractivity contribution in [1.29, 1.82) is 0 Å². The summed E-state index contributed by atoms with van der Waals surface area (Å²) in [6.45, 7) is 1.72. The molecule has 0 fully saturated rings. The zero-order chi connectivity index (χ0) is 25.0. The van der Waals surface area contributed by atoms with Gasteiger partial charge in [-0.1, -0.05) is 18.2 Å². The number of hydrogen-bond acceptors (Lipinski definition) is 5. The topological polar surface area (TPSA) is 62.4 Å². The molecule has 0 amide bonds. The first kappa shape index (κ1) is 25.2. The zero-order valence-corrected chi connectivity index (χ0v) is 19.8. The molecule has 1 aromatic carbocycles. The molecule has 35 heavy (non-hydrogen) atoms. The minimum Gasteiger partial charge on any atom is -0.491 e. The maximum Gasteiger partial charge on any atom is 0.401 e. The molecule has 10 heteroatoms. The third-order valence-electron chi connectivity index (χ3n) is 6.26. The van der Waals surface area contributed by atoms with Crippen LogP contribution < -0.4 is 14.8 Å². The van der Waals surface area contributed by atoms with Crippen LogP contribution in [0.1, 0.15) is 36.2 Å². The Morgan fingerprint density at radius 3 is 2.77 bits per heavy atom. The van der Waals surface area contributed by atoms with E-state index in [-0.39, 0.29) is 18.6 Å². The number of nitrogens with zero attached hydrogens (tertiary/aromatic N) is 2.